The van der Waals surface area contributed by atoms with Gasteiger partial charge in [0.25, 0.3) is 0 Å². The third kappa shape index (κ3) is 5.06. The number of hydrogen-bond acceptors (Lipinski definition) is 3. The zero-order valence-electron chi connectivity index (χ0n) is 11.4. The van der Waals surface area contributed by atoms with Crippen molar-refractivity contribution in [3.8, 4) is 6.07 Å². The van der Waals surface area contributed by atoms with E-state index in [1.54, 1.807) is 0 Å². The van der Waals surface area contributed by atoms with Crippen molar-refractivity contribution in [1.82, 2.24) is 4.90 Å². The van der Waals surface area contributed by atoms with E-state index in [0.717, 1.165) is 32.4 Å². The summed E-state index contributed by atoms with van der Waals surface area (Å²) in [5.41, 5.74) is -0.237. The van der Waals surface area contributed by atoms with Crippen molar-refractivity contribution in [2.24, 2.45) is 11.3 Å². The second-order valence-electron chi connectivity index (χ2n) is 6.12. The van der Waals surface area contributed by atoms with Crippen LogP contribution in [0.15, 0.2) is 0 Å². The Morgan fingerprint density at radius 2 is 2.00 bits per heavy atom. The minimum Gasteiger partial charge on any atom is -0.393 e. The maximum atomic E-state index is 9.91. The molecule has 0 saturated heterocycles. The van der Waals surface area contributed by atoms with Gasteiger partial charge in [0.1, 0.15) is 0 Å². The van der Waals surface area contributed by atoms with Gasteiger partial charge < -0.3 is 10.0 Å². The first-order valence-electron chi connectivity index (χ1n) is 6.72. The highest BCUT2D eigenvalue weighted by atomic mass is 16.3. The normalized spacial score (nSPS) is 25.9. The van der Waals surface area contributed by atoms with Gasteiger partial charge in [0, 0.05) is 6.54 Å². The Hall–Kier alpha value is -0.590. The van der Waals surface area contributed by atoms with Crippen LogP contribution in [-0.4, -0.2) is 36.2 Å². The van der Waals surface area contributed by atoms with Crippen LogP contribution in [0, 0.1) is 22.7 Å². The van der Waals surface area contributed by atoms with Crippen LogP contribution in [0.3, 0.4) is 0 Å². The van der Waals surface area contributed by atoms with Crippen LogP contribution in [0.5, 0.6) is 0 Å². The van der Waals surface area contributed by atoms with Gasteiger partial charge in [-0.3, -0.25) is 0 Å². The molecule has 3 heteroatoms. The van der Waals surface area contributed by atoms with Crippen LogP contribution in [0.4, 0.5) is 0 Å². The van der Waals surface area contributed by atoms with Gasteiger partial charge in [0.2, 0.25) is 0 Å². The van der Waals surface area contributed by atoms with Gasteiger partial charge in [0.05, 0.1) is 17.6 Å². The number of aliphatic hydroxyl groups excluding tert-OH is 1. The third-order valence-corrected chi connectivity index (χ3v) is 3.84. The third-order valence-electron chi connectivity index (χ3n) is 3.84. The molecule has 1 aliphatic rings. The van der Waals surface area contributed by atoms with Gasteiger partial charge >= 0.3 is 0 Å². The molecule has 1 N–H and O–H groups in total. The van der Waals surface area contributed by atoms with E-state index < -0.39 is 0 Å². The molecular weight excluding hydrogens is 212 g/mol. The largest absolute Gasteiger partial charge is 0.393 e. The first-order valence-corrected chi connectivity index (χ1v) is 6.72. The number of rotatable bonds is 5. The average Bonchev–Trinajstić information content (AvgIpc) is 2.30. The summed E-state index contributed by atoms with van der Waals surface area (Å²) in [6.45, 7) is 5.86. The molecule has 0 spiro atoms. The summed E-state index contributed by atoms with van der Waals surface area (Å²) in [6, 6.07) is 2.33. The summed E-state index contributed by atoms with van der Waals surface area (Å²) in [4.78, 5) is 2.26. The Kier molecular flexibility index (Phi) is 5.42. The van der Waals surface area contributed by atoms with E-state index in [-0.39, 0.29) is 11.5 Å². The van der Waals surface area contributed by atoms with E-state index in [2.05, 4.69) is 18.0 Å². The zero-order valence-corrected chi connectivity index (χ0v) is 11.4. The summed E-state index contributed by atoms with van der Waals surface area (Å²) < 4.78 is 0. The Balaban J connectivity index is 2.29. The summed E-state index contributed by atoms with van der Waals surface area (Å²) in [6.07, 6.45) is 5.30. The molecule has 0 heterocycles. The molecule has 0 aromatic rings. The van der Waals surface area contributed by atoms with Crippen molar-refractivity contribution >= 4 is 0 Å². The van der Waals surface area contributed by atoms with E-state index in [1.807, 2.05) is 13.8 Å². The molecule has 2 unspecified atom stereocenters. The molecular formula is C14H26N2O. The molecule has 0 amide bonds. The highest BCUT2D eigenvalue weighted by molar-refractivity contribution is 4.92. The lowest BCUT2D eigenvalue weighted by molar-refractivity contribution is 0.0502. The Morgan fingerprint density at radius 3 is 2.59 bits per heavy atom. The van der Waals surface area contributed by atoms with Crippen molar-refractivity contribution in [3.05, 3.63) is 0 Å². The highest BCUT2D eigenvalue weighted by Gasteiger charge is 2.25. The van der Waals surface area contributed by atoms with E-state index in [0.29, 0.717) is 5.92 Å². The molecule has 1 fully saturated rings. The first kappa shape index (κ1) is 14.5. The Bertz CT molecular complexity index is 270. The second kappa shape index (κ2) is 6.37. The summed E-state index contributed by atoms with van der Waals surface area (Å²) >= 11 is 0. The topological polar surface area (TPSA) is 47.3 Å². The fourth-order valence-corrected chi connectivity index (χ4v) is 2.42. The van der Waals surface area contributed by atoms with Crippen LogP contribution >= 0.6 is 0 Å². The van der Waals surface area contributed by atoms with Crippen LogP contribution in [0.1, 0.15) is 46.0 Å². The quantitative estimate of drug-likeness (QED) is 0.800. The minimum atomic E-state index is -0.237. The zero-order chi connectivity index (χ0) is 12.9. The van der Waals surface area contributed by atoms with Crippen LogP contribution in [0.25, 0.3) is 0 Å². The number of nitriles is 1. The molecule has 3 nitrogen and oxygen atoms in total. The van der Waals surface area contributed by atoms with Crippen molar-refractivity contribution in [3.63, 3.8) is 0 Å². The second-order valence-corrected chi connectivity index (χ2v) is 6.12. The summed E-state index contributed by atoms with van der Waals surface area (Å²) in [5, 5.41) is 18.9. The molecule has 2 atom stereocenters. The van der Waals surface area contributed by atoms with Crippen molar-refractivity contribution in [2.45, 2.75) is 52.1 Å². The van der Waals surface area contributed by atoms with Gasteiger partial charge in [-0.15, -0.1) is 0 Å². The lowest BCUT2D eigenvalue weighted by Gasteiger charge is -2.32. The van der Waals surface area contributed by atoms with Crippen LogP contribution in [-0.2, 0) is 0 Å². The van der Waals surface area contributed by atoms with E-state index >= 15 is 0 Å². The monoisotopic (exact) mass is 238 g/mol. The molecule has 1 aliphatic carbocycles. The van der Waals surface area contributed by atoms with Crippen molar-refractivity contribution in [1.29, 1.82) is 5.26 Å². The molecule has 0 aromatic carbocycles. The number of aliphatic hydroxyl groups is 1. The van der Waals surface area contributed by atoms with Crippen molar-refractivity contribution in [2.75, 3.05) is 20.1 Å². The van der Waals surface area contributed by atoms with Gasteiger partial charge in [0.15, 0.2) is 0 Å². The van der Waals surface area contributed by atoms with Gasteiger partial charge in [-0.1, -0.05) is 12.8 Å². The molecule has 0 aliphatic heterocycles. The van der Waals surface area contributed by atoms with E-state index in [9.17, 15) is 5.11 Å². The Morgan fingerprint density at radius 1 is 1.35 bits per heavy atom. The smallest absolute Gasteiger partial charge is 0.0684 e. The fraction of sp³-hybridized carbons (Fsp3) is 0.929. The molecule has 0 radical (unpaired) electrons. The number of hydrogen-bond donors (Lipinski definition) is 1. The lowest BCUT2D eigenvalue weighted by Crippen LogP contribution is -2.36. The predicted octanol–water partition coefficient (Wildman–Crippen LogP) is 2.41. The SMILES string of the molecule is CN(CCC(C)(C)C#N)CC1CCCCC1O. The summed E-state index contributed by atoms with van der Waals surface area (Å²) in [5.74, 6) is 0.430. The molecule has 1 saturated carbocycles. The van der Waals surface area contributed by atoms with Crippen molar-refractivity contribution < 1.29 is 5.11 Å². The van der Waals surface area contributed by atoms with E-state index in [4.69, 9.17) is 5.26 Å². The highest BCUT2D eigenvalue weighted by Crippen LogP contribution is 2.25. The minimum absolute atomic E-state index is 0.116. The first-order chi connectivity index (χ1) is 7.94. The maximum absolute atomic E-state index is 9.91. The maximum Gasteiger partial charge on any atom is 0.0684 e. The fourth-order valence-electron chi connectivity index (χ4n) is 2.42. The van der Waals surface area contributed by atoms with Gasteiger partial charge in [-0.2, -0.15) is 5.26 Å². The van der Waals surface area contributed by atoms with E-state index in [1.165, 1.54) is 12.8 Å². The van der Waals surface area contributed by atoms with Gasteiger partial charge in [-0.25, -0.2) is 0 Å². The molecule has 0 aromatic heterocycles. The lowest BCUT2D eigenvalue weighted by atomic mass is 9.86. The predicted molar refractivity (Wildman–Crippen MR) is 69.5 cm³/mol. The molecule has 0 bridgehead atoms. The molecule has 1 rings (SSSR count). The standard InChI is InChI=1S/C14H26N2O/c1-14(2,11-15)8-9-16(3)10-12-6-4-5-7-13(12)17/h12-13,17H,4-10H2,1-3H3. The molecule has 17 heavy (non-hydrogen) atoms. The van der Waals surface area contributed by atoms with Crippen LogP contribution < -0.4 is 0 Å². The number of nitrogens with zero attached hydrogens (tertiary/aromatic N) is 2. The summed E-state index contributed by atoms with van der Waals surface area (Å²) in [7, 11) is 2.09. The van der Waals surface area contributed by atoms with Crippen LogP contribution in [0.2, 0.25) is 0 Å². The average molecular weight is 238 g/mol. The molecule has 98 valence electrons. The van der Waals surface area contributed by atoms with Gasteiger partial charge in [-0.05, 0) is 52.6 Å². The Labute approximate surface area is 105 Å².